The molecule has 0 aromatic rings. The Bertz CT molecular complexity index is 266. The average molecular weight is 242 g/mol. The van der Waals surface area contributed by atoms with Crippen molar-refractivity contribution in [3.8, 4) is 0 Å². The van der Waals surface area contributed by atoms with E-state index >= 15 is 0 Å². The summed E-state index contributed by atoms with van der Waals surface area (Å²) in [6.07, 6.45) is 2.36. The Hall–Kier alpha value is -0.610. The predicted octanol–water partition coefficient (Wildman–Crippen LogP) is 1.39. The normalized spacial score (nSPS) is 26.9. The highest BCUT2D eigenvalue weighted by molar-refractivity contribution is 5.76. The molecule has 1 fully saturated rings. The highest BCUT2D eigenvalue weighted by Crippen LogP contribution is 2.45. The molecule has 0 heterocycles. The Morgan fingerprint density at radius 3 is 2.53 bits per heavy atom. The number of rotatable bonds is 7. The standard InChI is InChI=1S/C13H26N2O2/c1-5-7-15(9-12(14)16)10-8-11(17-6-2)13(10,3)4/h10-11H,5-9H2,1-4H3,(H2,14,16)/t10-,11-/m1/s1. The number of hydrogen-bond donors (Lipinski definition) is 1. The van der Waals surface area contributed by atoms with Crippen LogP contribution in [0.4, 0.5) is 0 Å². The highest BCUT2D eigenvalue weighted by Gasteiger charge is 2.51. The van der Waals surface area contributed by atoms with Crippen LogP contribution in [-0.2, 0) is 9.53 Å². The van der Waals surface area contributed by atoms with Crippen molar-refractivity contribution in [1.29, 1.82) is 0 Å². The molecule has 0 bridgehead atoms. The van der Waals surface area contributed by atoms with Gasteiger partial charge in [-0.15, -0.1) is 0 Å². The van der Waals surface area contributed by atoms with E-state index in [1.165, 1.54) is 0 Å². The van der Waals surface area contributed by atoms with Crippen LogP contribution >= 0.6 is 0 Å². The fourth-order valence-corrected chi connectivity index (χ4v) is 2.80. The molecule has 0 aromatic carbocycles. The quantitative estimate of drug-likeness (QED) is 0.734. The molecule has 0 aromatic heterocycles. The van der Waals surface area contributed by atoms with Crippen molar-refractivity contribution in [3.05, 3.63) is 0 Å². The summed E-state index contributed by atoms with van der Waals surface area (Å²) in [6, 6.07) is 0.409. The van der Waals surface area contributed by atoms with Crippen LogP contribution in [0.15, 0.2) is 0 Å². The third-order valence-electron chi connectivity index (χ3n) is 3.80. The fourth-order valence-electron chi connectivity index (χ4n) is 2.80. The lowest BCUT2D eigenvalue weighted by molar-refractivity contribution is -0.153. The van der Waals surface area contributed by atoms with Crippen molar-refractivity contribution in [3.63, 3.8) is 0 Å². The first-order valence-electron chi connectivity index (χ1n) is 6.57. The molecular formula is C13H26N2O2. The molecule has 0 aliphatic heterocycles. The lowest BCUT2D eigenvalue weighted by Crippen LogP contribution is -2.63. The fraction of sp³-hybridized carbons (Fsp3) is 0.923. The number of carbonyl (C=O) groups excluding carboxylic acids is 1. The van der Waals surface area contributed by atoms with E-state index in [9.17, 15) is 4.79 Å². The topological polar surface area (TPSA) is 55.6 Å². The third kappa shape index (κ3) is 3.19. The molecule has 1 amide bonds. The molecule has 17 heavy (non-hydrogen) atoms. The first-order valence-corrected chi connectivity index (χ1v) is 6.57. The van der Waals surface area contributed by atoms with Crippen molar-refractivity contribution in [2.24, 2.45) is 11.1 Å². The number of hydrogen-bond acceptors (Lipinski definition) is 3. The Balaban J connectivity index is 2.61. The van der Waals surface area contributed by atoms with Gasteiger partial charge in [0.15, 0.2) is 0 Å². The van der Waals surface area contributed by atoms with Crippen LogP contribution in [0, 0.1) is 5.41 Å². The summed E-state index contributed by atoms with van der Waals surface area (Å²) in [4.78, 5) is 13.3. The summed E-state index contributed by atoms with van der Waals surface area (Å²) in [6.45, 7) is 10.6. The van der Waals surface area contributed by atoms with E-state index in [-0.39, 0.29) is 11.3 Å². The van der Waals surface area contributed by atoms with E-state index in [1.807, 2.05) is 6.92 Å². The number of nitrogens with two attached hydrogens (primary N) is 1. The molecule has 1 aliphatic rings. The largest absolute Gasteiger partial charge is 0.378 e. The predicted molar refractivity (Wildman–Crippen MR) is 68.7 cm³/mol. The smallest absolute Gasteiger partial charge is 0.231 e. The van der Waals surface area contributed by atoms with Gasteiger partial charge < -0.3 is 10.5 Å². The number of nitrogens with zero attached hydrogens (tertiary/aromatic N) is 1. The molecule has 1 saturated carbocycles. The Kier molecular flexibility index (Phi) is 4.95. The van der Waals surface area contributed by atoms with Gasteiger partial charge in [-0.05, 0) is 26.3 Å². The van der Waals surface area contributed by atoms with Gasteiger partial charge in [0.05, 0.1) is 12.6 Å². The van der Waals surface area contributed by atoms with Crippen LogP contribution in [0.5, 0.6) is 0 Å². The van der Waals surface area contributed by atoms with Crippen molar-refractivity contribution in [2.75, 3.05) is 19.7 Å². The van der Waals surface area contributed by atoms with Gasteiger partial charge in [-0.1, -0.05) is 20.8 Å². The maximum atomic E-state index is 11.1. The Morgan fingerprint density at radius 2 is 2.12 bits per heavy atom. The summed E-state index contributed by atoms with van der Waals surface area (Å²) >= 11 is 0. The Labute approximate surface area is 104 Å². The van der Waals surface area contributed by atoms with Crippen LogP contribution in [0.25, 0.3) is 0 Å². The van der Waals surface area contributed by atoms with Gasteiger partial charge >= 0.3 is 0 Å². The van der Waals surface area contributed by atoms with E-state index in [0.717, 1.165) is 26.0 Å². The van der Waals surface area contributed by atoms with Gasteiger partial charge in [0, 0.05) is 18.1 Å². The molecule has 0 spiro atoms. The number of ether oxygens (including phenoxy) is 1. The molecule has 0 radical (unpaired) electrons. The number of carbonyl (C=O) groups is 1. The zero-order valence-electron chi connectivity index (χ0n) is 11.5. The van der Waals surface area contributed by atoms with Gasteiger partial charge in [0.25, 0.3) is 0 Å². The van der Waals surface area contributed by atoms with Crippen LogP contribution < -0.4 is 5.73 Å². The maximum Gasteiger partial charge on any atom is 0.231 e. The monoisotopic (exact) mass is 242 g/mol. The SMILES string of the molecule is CCCN(CC(N)=O)[C@@H]1C[C@@H](OCC)C1(C)C. The Morgan fingerprint density at radius 1 is 1.47 bits per heavy atom. The summed E-state index contributed by atoms with van der Waals surface area (Å²) < 4.78 is 5.71. The minimum absolute atomic E-state index is 0.112. The summed E-state index contributed by atoms with van der Waals surface area (Å²) in [5.41, 5.74) is 5.42. The molecule has 2 atom stereocenters. The van der Waals surface area contributed by atoms with Gasteiger partial charge in [-0.2, -0.15) is 0 Å². The van der Waals surface area contributed by atoms with Gasteiger partial charge in [-0.3, -0.25) is 9.69 Å². The van der Waals surface area contributed by atoms with E-state index in [1.54, 1.807) is 0 Å². The molecule has 4 heteroatoms. The lowest BCUT2D eigenvalue weighted by Gasteiger charge is -2.55. The summed E-state index contributed by atoms with van der Waals surface area (Å²) in [5, 5.41) is 0. The van der Waals surface area contributed by atoms with Crippen molar-refractivity contribution in [2.45, 2.75) is 52.7 Å². The number of amides is 1. The lowest BCUT2D eigenvalue weighted by atomic mass is 9.63. The molecule has 0 saturated heterocycles. The number of primary amides is 1. The van der Waals surface area contributed by atoms with E-state index in [4.69, 9.17) is 10.5 Å². The second kappa shape index (κ2) is 5.83. The summed E-state index contributed by atoms with van der Waals surface area (Å²) in [7, 11) is 0. The van der Waals surface area contributed by atoms with E-state index < -0.39 is 0 Å². The minimum Gasteiger partial charge on any atom is -0.378 e. The first-order chi connectivity index (χ1) is 7.93. The zero-order chi connectivity index (χ0) is 13.1. The van der Waals surface area contributed by atoms with Gasteiger partial charge in [0.2, 0.25) is 5.91 Å². The molecule has 4 nitrogen and oxygen atoms in total. The summed E-state index contributed by atoms with van der Waals surface area (Å²) in [5.74, 6) is -0.242. The molecular weight excluding hydrogens is 216 g/mol. The second-order valence-corrected chi connectivity index (χ2v) is 5.45. The van der Waals surface area contributed by atoms with Crippen molar-refractivity contribution < 1.29 is 9.53 Å². The van der Waals surface area contributed by atoms with Crippen LogP contribution in [-0.4, -0.2) is 42.6 Å². The maximum absolute atomic E-state index is 11.1. The van der Waals surface area contributed by atoms with Crippen LogP contribution in [0.1, 0.15) is 40.5 Å². The molecule has 1 rings (SSSR count). The average Bonchev–Trinajstić information content (AvgIpc) is 2.22. The van der Waals surface area contributed by atoms with Gasteiger partial charge in [0.1, 0.15) is 0 Å². The van der Waals surface area contributed by atoms with Crippen LogP contribution in [0.3, 0.4) is 0 Å². The molecule has 1 aliphatic carbocycles. The zero-order valence-corrected chi connectivity index (χ0v) is 11.5. The minimum atomic E-state index is -0.242. The third-order valence-corrected chi connectivity index (χ3v) is 3.80. The second-order valence-electron chi connectivity index (χ2n) is 5.45. The van der Waals surface area contributed by atoms with Crippen molar-refractivity contribution >= 4 is 5.91 Å². The van der Waals surface area contributed by atoms with Crippen LogP contribution in [0.2, 0.25) is 0 Å². The van der Waals surface area contributed by atoms with E-state index in [2.05, 4.69) is 25.7 Å². The molecule has 100 valence electrons. The van der Waals surface area contributed by atoms with Gasteiger partial charge in [-0.25, -0.2) is 0 Å². The molecule has 2 N–H and O–H groups in total. The van der Waals surface area contributed by atoms with Crippen molar-refractivity contribution in [1.82, 2.24) is 4.90 Å². The van der Waals surface area contributed by atoms with E-state index in [0.29, 0.717) is 18.7 Å². The highest BCUT2D eigenvalue weighted by atomic mass is 16.5. The first kappa shape index (κ1) is 14.5. The molecule has 0 unspecified atom stereocenters.